The van der Waals surface area contributed by atoms with E-state index in [-0.39, 0.29) is 11.1 Å². The molecule has 0 fully saturated rings. The lowest BCUT2D eigenvalue weighted by atomic mass is 10.1. The highest BCUT2D eigenvalue weighted by molar-refractivity contribution is 7.99. The summed E-state index contributed by atoms with van der Waals surface area (Å²) in [6, 6.07) is 13.2. The number of carbonyl (C=O) groups excluding carboxylic acids is 1. The van der Waals surface area contributed by atoms with E-state index in [0.717, 1.165) is 4.90 Å². The Labute approximate surface area is 131 Å². The summed E-state index contributed by atoms with van der Waals surface area (Å²) in [5.41, 5.74) is 0.537. The van der Waals surface area contributed by atoms with Gasteiger partial charge in [-0.3, -0.25) is 0 Å². The van der Waals surface area contributed by atoms with Crippen molar-refractivity contribution in [1.29, 1.82) is 5.26 Å². The second-order valence-corrected chi connectivity index (χ2v) is 5.39. The maximum absolute atomic E-state index is 11.3. The molecule has 0 spiro atoms. The van der Waals surface area contributed by atoms with Gasteiger partial charge in [0, 0.05) is 9.79 Å². The first kappa shape index (κ1) is 15.6. The summed E-state index contributed by atoms with van der Waals surface area (Å²) < 4.78 is 4.62. The first-order valence-corrected chi connectivity index (χ1v) is 7.00. The second kappa shape index (κ2) is 6.78. The third-order valence-electron chi connectivity index (χ3n) is 2.85. The van der Waals surface area contributed by atoms with Gasteiger partial charge < -0.3 is 9.84 Å². The van der Waals surface area contributed by atoms with Gasteiger partial charge >= 0.3 is 11.9 Å². The van der Waals surface area contributed by atoms with Crippen LogP contribution in [-0.4, -0.2) is 24.2 Å². The molecule has 0 aliphatic heterocycles. The molecular formula is C16H11NO4S. The van der Waals surface area contributed by atoms with Crippen molar-refractivity contribution in [2.45, 2.75) is 9.79 Å². The molecule has 0 radical (unpaired) electrons. The number of methoxy groups -OCH3 is 1. The molecule has 2 aromatic carbocycles. The molecule has 0 heterocycles. The van der Waals surface area contributed by atoms with Crippen LogP contribution in [-0.2, 0) is 4.74 Å². The lowest BCUT2D eigenvalue weighted by molar-refractivity contribution is 0.0599. The van der Waals surface area contributed by atoms with E-state index in [1.165, 1.54) is 31.0 Å². The molecule has 0 unspecified atom stereocenters. The molecule has 2 aromatic rings. The number of aromatic carboxylic acids is 1. The van der Waals surface area contributed by atoms with Crippen LogP contribution in [0.5, 0.6) is 0 Å². The summed E-state index contributed by atoms with van der Waals surface area (Å²) >= 11 is 1.34. The van der Waals surface area contributed by atoms with E-state index in [4.69, 9.17) is 10.4 Å². The number of carbonyl (C=O) groups is 2. The van der Waals surface area contributed by atoms with E-state index in [1.807, 2.05) is 6.07 Å². The Hall–Kier alpha value is -2.78. The maximum Gasteiger partial charge on any atom is 0.337 e. The highest BCUT2D eigenvalue weighted by Gasteiger charge is 2.11. The van der Waals surface area contributed by atoms with E-state index < -0.39 is 11.9 Å². The Balaban J connectivity index is 2.24. The van der Waals surface area contributed by atoms with E-state index in [1.54, 1.807) is 30.3 Å². The molecule has 6 heteroatoms. The third kappa shape index (κ3) is 3.45. The van der Waals surface area contributed by atoms with E-state index >= 15 is 0 Å². The first-order valence-electron chi connectivity index (χ1n) is 6.19. The average Bonchev–Trinajstić information content (AvgIpc) is 2.54. The fourth-order valence-electron chi connectivity index (χ4n) is 1.77. The number of rotatable bonds is 4. The molecule has 5 nitrogen and oxygen atoms in total. The maximum atomic E-state index is 11.3. The molecule has 0 aliphatic carbocycles. The van der Waals surface area contributed by atoms with Crippen LogP contribution in [0.1, 0.15) is 26.3 Å². The second-order valence-electron chi connectivity index (χ2n) is 4.24. The van der Waals surface area contributed by atoms with Gasteiger partial charge in [-0.15, -0.1) is 0 Å². The van der Waals surface area contributed by atoms with Gasteiger partial charge in [-0.1, -0.05) is 11.8 Å². The molecule has 0 amide bonds. The number of carboxylic acid groups (broad SMARTS) is 1. The largest absolute Gasteiger partial charge is 0.478 e. The van der Waals surface area contributed by atoms with Crippen molar-refractivity contribution < 1.29 is 19.4 Å². The van der Waals surface area contributed by atoms with Crippen molar-refractivity contribution in [1.82, 2.24) is 0 Å². The molecule has 22 heavy (non-hydrogen) atoms. The van der Waals surface area contributed by atoms with Crippen LogP contribution in [0, 0.1) is 11.3 Å². The number of hydrogen-bond acceptors (Lipinski definition) is 5. The van der Waals surface area contributed by atoms with Crippen LogP contribution in [0.4, 0.5) is 0 Å². The predicted octanol–water partition coefficient (Wildman–Crippen LogP) is 3.19. The molecule has 0 bridgehead atoms. The van der Waals surface area contributed by atoms with Gasteiger partial charge in [0.2, 0.25) is 0 Å². The molecule has 0 aromatic heterocycles. The minimum Gasteiger partial charge on any atom is -0.478 e. The number of benzene rings is 2. The van der Waals surface area contributed by atoms with E-state index in [0.29, 0.717) is 10.5 Å². The molecule has 110 valence electrons. The minimum atomic E-state index is -1.14. The molecule has 2 rings (SSSR count). The number of esters is 1. The lowest BCUT2D eigenvalue weighted by Crippen LogP contribution is -2.00. The summed E-state index contributed by atoms with van der Waals surface area (Å²) in [5.74, 6) is -1.55. The Kier molecular flexibility index (Phi) is 4.81. The number of carboxylic acids is 1. The predicted molar refractivity (Wildman–Crippen MR) is 80.0 cm³/mol. The van der Waals surface area contributed by atoms with Crippen molar-refractivity contribution in [3.05, 3.63) is 59.2 Å². The van der Waals surface area contributed by atoms with Gasteiger partial charge in [-0.05, 0) is 42.5 Å². The third-order valence-corrected chi connectivity index (χ3v) is 3.85. The fraction of sp³-hybridized carbons (Fsp3) is 0.0625. The standard InChI is InChI=1S/C16H11NO4S/c1-21-16(20)10-2-5-12(6-3-10)22-13-7-4-11(9-17)14(8-13)15(18)19/h2-8H,1H3,(H,18,19). The van der Waals surface area contributed by atoms with Gasteiger partial charge in [0.25, 0.3) is 0 Å². The van der Waals surface area contributed by atoms with Crippen molar-refractivity contribution in [2.24, 2.45) is 0 Å². The van der Waals surface area contributed by atoms with Gasteiger partial charge in [0.05, 0.1) is 23.8 Å². The Morgan fingerprint density at radius 1 is 1.14 bits per heavy atom. The lowest BCUT2D eigenvalue weighted by Gasteiger charge is -2.05. The van der Waals surface area contributed by atoms with Gasteiger partial charge in [0.1, 0.15) is 6.07 Å². The topological polar surface area (TPSA) is 87.4 Å². The van der Waals surface area contributed by atoms with Crippen LogP contribution < -0.4 is 0 Å². The number of nitrogens with zero attached hydrogens (tertiary/aromatic N) is 1. The first-order chi connectivity index (χ1) is 10.5. The number of ether oxygens (including phenoxy) is 1. The Morgan fingerprint density at radius 2 is 1.77 bits per heavy atom. The molecular weight excluding hydrogens is 302 g/mol. The molecule has 0 atom stereocenters. The van der Waals surface area contributed by atoms with E-state index in [2.05, 4.69) is 4.74 Å². The van der Waals surface area contributed by atoms with E-state index in [9.17, 15) is 9.59 Å². The monoisotopic (exact) mass is 313 g/mol. The zero-order valence-corrected chi connectivity index (χ0v) is 12.4. The highest BCUT2D eigenvalue weighted by atomic mass is 32.2. The van der Waals surface area contributed by atoms with Crippen molar-refractivity contribution in [3.8, 4) is 6.07 Å². The van der Waals surface area contributed by atoms with Crippen LogP contribution in [0.3, 0.4) is 0 Å². The average molecular weight is 313 g/mol. The fourth-order valence-corrected chi connectivity index (χ4v) is 2.63. The van der Waals surface area contributed by atoms with Gasteiger partial charge in [-0.25, -0.2) is 9.59 Å². The Bertz CT molecular complexity index is 763. The zero-order valence-electron chi connectivity index (χ0n) is 11.6. The normalized spacial score (nSPS) is 9.82. The van der Waals surface area contributed by atoms with Crippen molar-refractivity contribution in [3.63, 3.8) is 0 Å². The van der Waals surface area contributed by atoms with Crippen molar-refractivity contribution in [2.75, 3.05) is 7.11 Å². The summed E-state index contributed by atoms with van der Waals surface area (Å²) in [4.78, 5) is 24.0. The zero-order chi connectivity index (χ0) is 16.1. The van der Waals surface area contributed by atoms with Crippen LogP contribution in [0.2, 0.25) is 0 Å². The molecule has 0 saturated heterocycles. The number of nitriles is 1. The summed E-state index contributed by atoms with van der Waals surface area (Å²) in [7, 11) is 1.31. The molecule has 0 aliphatic rings. The highest BCUT2D eigenvalue weighted by Crippen LogP contribution is 2.29. The van der Waals surface area contributed by atoms with Crippen molar-refractivity contribution >= 4 is 23.7 Å². The molecule has 1 N–H and O–H groups in total. The van der Waals surface area contributed by atoms with Crippen LogP contribution >= 0.6 is 11.8 Å². The summed E-state index contributed by atoms with van der Waals surface area (Å²) in [6.45, 7) is 0. The Morgan fingerprint density at radius 3 is 2.32 bits per heavy atom. The number of hydrogen-bond donors (Lipinski definition) is 1. The smallest absolute Gasteiger partial charge is 0.337 e. The quantitative estimate of drug-likeness (QED) is 0.872. The minimum absolute atomic E-state index is 0.0290. The van der Waals surface area contributed by atoms with Crippen LogP contribution in [0.25, 0.3) is 0 Å². The van der Waals surface area contributed by atoms with Gasteiger partial charge in [-0.2, -0.15) is 5.26 Å². The SMILES string of the molecule is COC(=O)c1ccc(Sc2ccc(C#N)c(C(=O)O)c2)cc1. The molecule has 0 saturated carbocycles. The van der Waals surface area contributed by atoms with Crippen LogP contribution in [0.15, 0.2) is 52.3 Å². The summed E-state index contributed by atoms with van der Waals surface area (Å²) in [6.07, 6.45) is 0. The summed E-state index contributed by atoms with van der Waals surface area (Å²) in [5, 5.41) is 18.0. The van der Waals surface area contributed by atoms with Gasteiger partial charge in [0.15, 0.2) is 0 Å².